The molecule has 19 aromatic rings. The van der Waals surface area contributed by atoms with Crippen molar-refractivity contribution in [3.05, 3.63) is 375 Å². The Kier molecular flexibility index (Phi) is 13.9. The lowest BCUT2D eigenvalue weighted by molar-refractivity contribution is 1.59. The molecule has 0 heterocycles. The SMILES string of the molecule is C(#Cc1ccccc1-c1ccc2c(-c3ccc4ccccc4c3)c3ccccc3c(-c3ccc4ccccc4c3)c2c1)c1ccccc1.c1ccc(-c2cc3ccccc3c3cc4c(-c5ccc6ccccc6c5)c5ccccc5c(-c5ccc6ccccc6c5)c4cc23)cc1. The number of fused-ring (bicyclic) bond motifs is 11. The highest BCUT2D eigenvalue weighted by molar-refractivity contribution is 6.28. The molecule has 19 rings (SSSR count). The molecule has 0 aliphatic carbocycles. The van der Waals surface area contributed by atoms with Crippen LogP contribution >= 0.6 is 0 Å². The minimum atomic E-state index is 1.01. The van der Waals surface area contributed by atoms with Gasteiger partial charge in [0.1, 0.15) is 0 Å². The van der Waals surface area contributed by atoms with Gasteiger partial charge in [0.15, 0.2) is 0 Å². The summed E-state index contributed by atoms with van der Waals surface area (Å²) in [5.74, 6) is 6.86. The van der Waals surface area contributed by atoms with Gasteiger partial charge in [0.2, 0.25) is 0 Å². The van der Waals surface area contributed by atoms with E-state index in [0.29, 0.717) is 0 Å². The fraction of sp³-hybridized carbons (Fsp3) is 0. The zero-order valence-electron chi connectivity index (χ0n) is 52.6. The Morgan fingerprint density at radius 2 is 0.490 bits per heavy atom. The Balaban J connectivity index is 0.000000140. The summed E-state index contributed by atoms with van der Waals surface area (Å²) in [7, 11) is 0. The highest BCUT2D eigenvalue weighted by Crippen LogP contribution is 2.50. The number of hydrogen-bond acceptors (Lipinski definition) is 0. The lowest BCUT2D eigenvalue weighted by Gasteiger charge is -2.20. The van der Waals surface area contributed by atoms with E-state index in [2.05, 4.69) is 358 Å². The van der Waals surface area contributed by atoms with Crippen LogP contribution in [-0.2, 0) is 0 Å². The molecule has 19 aromatic carbocycles. The third-order valence-electron chi connectivity index (χ3n) is 19.6. The Morgan fingerprint density at radius 3 is 0.969 bits per heavy atom. The minimum absolute atomic E-state index is 1.01. The van der Waals surface area contributed by atoms with Crippen molar-refractivity contribution < 1.29 is 0 Å². The molecule has 0 aromatic heterocycles. The van der Waals surface area contributed by atoms with Gasteiger partial charge < -0.3 is 0 Å². The van der Waals surface area contributed by atoms with Crippen molar-refractivity contribution in [2.75, 3.05) is 0 Å². The second-order valence-electron chi connectivity index (χ2n) is 25.2. The monoisotopic (exact) mass is 1210 g/mol. The van der Waals surface area contributed by atoms with Crippen LogP contribution in [0.25, 0.3) is 174 Å². The van der Waals surface area contributed by atoms with E-state index in [4.69, 9.17) is 0 Å². The molecule has 0 saturated heterocycles. The summed E-state index contributed by atoms with van der Waals surface area (Å²) in [6.45, 7) is 0. The fourth-order valence-electron chi connectivity index (χ4n) is 15.1. The summed E-state index contributed by atoms with van der Waals surface area (Å²) < 4.78 is 0. The van der Waals surface area contributed by atoms with Gasteiger partial charge in [0.25, 0.3) is 0 Å². The molecule has 0 bridgehead atoms. The molecule has 0 heteroatoms. The normalized spacial score (nSPS) is 11.5. The average Bonchev–Trinajstić information content (AvgIpc) is 0.727. The Bertz CT molecular complexity index is 6380. The van der Waals surface area contributed by atoms with Crippen molar-refractivity contribution in [2.45, 2.75) is 0 Å². The van der Waals surface area contributed by atoms with Gasteiger partial charge in [-0.3, -0.25) is 0 Å². The predicted octanol–water partition coefficient (Wildman–Crippen LogP) is 26.3. The Hall–Kier alpha value is -12.7. The van der Waals surface area contributed by atoms with Crippen molar-refractivity contribution in [3.8, 4) is 78.6 Å². The molecule has 0 spiro atoms. The maximum Gasteiger partial charge on any atom is 0.0327 e. The zero-order valence-corrected chi connectivity index (χ0v) is 52.6. The molecular formula is C96H60. The fourth-order valence-corrected chi connectivity index (χ4v) is 15.1. The maximum atomic E-state index is 3.48. The molecule has 0 unspecified atom stereocenters. The summed E-state index contributed by atoms with van der Waals surface area (Å²) >= 11 is 0. The molecule has 0 aliphatic heterocycles. The first-order chi connectivity index (χ1) is 47.6. The van der Waals surface area contributed by atoms with Crippen LogP contribution in [-0.4, -0.2) is 0 Å². The van der Waals surface area contributed by atoms with E-state index >= 15 is 0 Å². The van der Waals surface area contributed by atoms with Gasteiger partial charge in [0, 0.05) is 11.1 Å². The molecule has 0 fully saturated rings. The first-order valence-electron chi connectivity index (χ1n) is 33.1. The van der Waals surface area contributed by atoms with Gasteiger partial charge in [0.05, 0.1) is 0 Å². The van der Waals surface area contributed by atoms with E-state index < -0.39 is 0 Å². The molecule has 0 aliphatic rings. The van der Waals surface area contributed by atoms with Crippen LogP contribution in [0.4, 0.5) is 0 Å². The predicted molar refractivity (Wildman–Crippen MR) is 413 cm³/mol. The molecule has 0 nitrogen and oxygen atoms in total. The lowest BCUT2D eigenvalue weighted by atomic mass is 9.82. The molecule has 0 amide bonds. The van der Waals surface area contributed by atoms with Crippen molar-refractivity contribution in [1.82, 2.24) is 0 Å². The largest absolute Gasteiger partial charge is 0.0622 e. The van der Waals surface area contributed by atoms with E-state index in [0.717, 1.165) is 22.3 Å². The van der Waals surface area contributed by atoms with Crippen LogP contribution in [0, 0.1) is 11.8 Å². The summed E-state index contributed by atoms with van der Waals surface area (Å²) in [4.78, 5) is 0. The number of hydrogen-bond donors (Lipinski definition) is 0. The topological polar surface area (TPSA) is 0 Å². The molecule has 444 valence electrons. The highest BCUT2D eigenvalue weighted by atomic mass is 14.3. The van der Waals surface area contributed by atoms with Crippen LogP contribution < -0.4 is 0 Å². The smallest absolute Gasteiger partial charge is 0.0327 e. The highest BCUT2D eigenvalue weighted by Gasteiger charge is 2.22. The molecule has 96 heavy (non-hydrogen) atoms. The lowest BCUT2D eigenvalue weighted by Crippen LogP contribution is -1.93. The Morgan fingerprint density at radius 1 is 0.146 bits per heavy atom. The van der Waals surface area contributed by atoms with Gasteiger partial charge in [-0.25, -0.2) is 0 Å². The second-order valence-corrected chi connectivity index (χ2v) is 25.2. The molecule has 0 radical (unpaired) electrons. The third-order valence-corrected chi connectivity index (χ3v) is 19.6. The number of benzene rings is 19. The zero-order chi connectivity index (χ0) is 63.5. The van der Waals surface area contributed by atoms with Crippen LogP contribution in [0.5, 0.6) is 0 Å². The Labute approximate surface area is 557 Å². The molecule has 0 N–H and O–H groups in total. The summed E-state index contributed by atoms with van der Waals surface area (Å²) in [6, 6.07) is 133. The standard InChI is InChI=1S/2C48H30/c1-2-14-33(15-3-1)42-28-36-18-8-9-19-39(36)43-29-45-46(30-44(42)43)48(38-25-23-32-13-5-7-17-35(32)27-38)41-21-11-10-20-40(41)47(45)37-24-22-31-12-4-6-16-34(31)26-37;1-2-12-33(13-3-1)22-23-36-16-8-9-19-42(36)39-28-29-45-46(32-39)48(41-27-25-35-15-5-7-18-38(35)31-41)44-21-11-10-20-43(44)47(45)40-26-24-34-14-4-6-17-37(34)30-40/h1-30H;1-21,24-32H. The average molecular weight is 1210 g/mol. The van der Waals surface area contributed by atoms with Gasteiger partial charge in [-0.05, 0) is 241 Å². The molecular weight excluding hydrogens is 1150 g/mol. The van der Waals surface area contributed by atoms with Crippen LogP contribution in [0.15, 0.2) is 364 Å². The van der Waals surface area contributed by atoms with E-state index in [1.54, 1.807) is 0 Å². The van der Waals surface area contributed by atoms with E-state index in [-0.39, 0.29) is 0 Å². The molecule has 0 atom stereocenters. The van der Waals surface area contributed by atoms with Crippen molar-refractivity contribution >= 4 is 108 Å². The number of rotatable bonds is 6. The van der Waals surface area contributed by atoms with Crippen LogP contribution in [0.2, 0.25) is 0 Å². The van der Waals surface area contributed by atoms with Gasteiger partial charge in [-0.2, -0.15) is 0 Å². The van der Waals surface area contributed by atoms with E-state index in [1.807, 2.05) is 18.2 Å². The minimum Gasteiger partial charge on any atom is -0.0622 e. The van der Waals surface area contributed by atoms with Crippen molar-refractivity contribution in [3.63, 3.8) is 0 Å². The van der Waals surface area contributed by atoms with E-state index in [1.165, 1.54) is 163 Å². The van der Waals surface area contributed by atoms with Crippen LogP contribution in [0.3, 0.4) is 0 Å². The van der Waals surface area contributed by atoms with Crippen LogP contribution in [0.1, 0.15) is 11.1 Å². The third kappa shape index (κ3) is 9.98. The summed E-state index contributed by atoms with van der Waals surface area (Å²) in [5.41, 5.74) is 16.8. The van der Waals surface area contributed by atoms with Gasteiger partial charge in [-0.15, -0.1) is 0 Å². The first kappa shape index (κ1) is 56.1. The first-order valence-corrected chi connectivity index (χ1v) is 33.1. The van der Waals surface area contributed by atoms with Gasteiger partial charge in [-0.1, -0.05) is 309 Å². The maximum absolute atomic E-state index is 3.48. The summed E-state index contributed by atoms with van der Waals surface area (Å²) in [6.07, 6.45) is 0. The van der Waals surface area contributed by atoms with Crippen molar-refractivity contribution in [2.24, 2.45) is 0 Å². The second kappa shape index (κ2) is 23.8. The summed E-state index contributed by atoms with van der Waals surface area (Å²) in [5, 5.41) is 25.1. The quantitative estimate of drug-likeness (QED) is 0.0884. The molecule has 0 saturated carbocycles. The van der Waals surface area contributed by atoms with Crippen molar-refractivity contribution in [1.29, 1.82) is 0 Å². The van der Waals surface area contributed by atoms with E-state index in [9.17, 15) is 0 Å². The van der Waals surface area contributed by atoms with Gasteiger partial charge >= 0.3 is 0 Å².